The van der Waals surface area contributed by atoms with E-state index in [0.29, 0.717) is 0 Å². The van der Waals surface area contributed by atoms with E-state index in [4.69, 9.17) is 0 Å². The van der Waals surface area contributed by atoms with Crippen LogP contribution in [0.5, 0.6) is 0 Å². The monoisotopic (exact) mass is 838 g/mol. The third-order valence-corrected chi connectivity index (χ3v) is 13.3. The van der Waals surface area contributed by atoms with Gasteiger partial charge in [0, 0.05) is 72.0 Å². The smallest absolute Gasteiger partial charge is 0.129 e. The number of aromatic amines is 4. The van der Waals surface area contributed by atoms with E-state index in [1.807, 2.05) is 0 Å². The van der Waals surface area contributed by atoms with Gasteiger partial charge < -0.3 is 19.9 Å². The van der Waals surface area contributed by atoms with Crippen molar-refractivity contribution in [2.45, 2.75) is 82.0 Å². The first-order valence-electron chi connectivity index (χ1n) is 22.2. The summed E-state index contributed by atoms with van der Waals surface area (Å²) in [7, 11) is -1.54. The molecular weight excluding hydrogens is 781 g/mol. The number of aryl methyl sites for hydroxylation is 9. The van der Waals surface area contributed by atoms with Gasteiger partial charge in [0.15, 0.2) is 0 Å². The molecule has 4 nitrogen and oxygen atoms in total. The summed E-state index contributed by atoms with van der Waals surface area (Å²) in [5.41, 5.74) is 29.3. The van der Waals surface area contributed by atoms with Crippen molar-refractivity contribution < 1.29 is 0 Å². The van der Waals surface area contributed by atoms with E-state index in [0.717, 1.165) is 77.6 Å². The zero-order valence-electron chi connectivity index (χ0n) is 38.9. The van der Waals surface area contributed by atoms with Gasteiger partial charge in [-0.05, 0) is 179 Å². The first-order chi connectivity index (χ1) is 30.0. The summed E-state index contributed by atoms with van der Waals surface area (Å²) < 4.78 is 0. The fourth-order valence-electron chi connectivity index (χ4n) is 10.1. The van der Waals surface area contributed by atoms with Gasteiger partial charge in [0.25, 0.3) is 0 Å². The maximum absolute atomic E-state index is 4.02. The van der Waals surface area contributed by atoms with Crippen molar-refractivity contribution in [3.8, 4) is 11.5 Å². The van der Waals surface area contributed by atoms with Crippen molar-refractivity contribution in [2.24, 2.45) is 0 Å². The molecule has 314 valence electrons. The van der Waals surface area contributed by atoms with Crippen LogP contribution in [-0.4, -0.2) is 28.0 Å². The minimum Gasteiger partial charge on any atom is -0.354 e. The molecule has 9 rings (SSSR count). The molecule has 0 radical (unpaired) electrons. The highest BCUT2D eigenvalue weighted by molar-refractivity contribution is 6.83. The molecule has 8 aromatic rings. The number of hydrogen-bond donors (Lipinski definition) is 4. The number of benzene rings is 4. The third-order valence-electron chi connectivity index (χ3n) is 12.4. The second-order valence-corrected chi connectivity index (χ2v) is 23.8. The first-order valence-corrected chi connectivity index (χ1v) is 25.7. The molecule has 0 saturated carbocycles. The van der Waals surface area contributed by atoms with E-state index in [9.17, 15) is 0 Å². The SMILES string of the molecule is Cc1cc(C)c(C2=c3ccc([nH]3)=C(c3ccc(C#C[Si](C)(C)C)cc3)c3ccc([nH]3)C(c3c(C)cc(C)cc3C)=c3ccc([nH]3)=C(c3c(C)cc(C)cc3C)c3ccc2[nH]3)c(C)c1. The lowest BCUT2D eigenvalue weighted by Crippen LogP contribution is -2.20. The number of nitrogens with one attached hydrogen (secondary N) is 4. The minimum absolute atomic E-state index is 1.03. The Morgan fingerprint density at radius 3 is 0.968 bits per heavy atom. The Bertz CT molecular complexity index is 3400. The van der Waals surface area contributed by atoms with Gasteiger partial charge in [0.05, 0.1) is 0 Å². The van der Waals surface area contributed by atoms with Gasteiger partial charge in [0.2, 0.25) is 0 Å². The number of fused-ring (bicyclic) bond motifs is 8. The van der Waals surface area contributed by atoms with Crippen LogP contribution in [0.3, 0.4) is 0 Å². The number of rotatable bonds is 4. The highest BCUT2D eigenvalue weighted by atomic mass is 28.3. The maximum Gasteiger partial charge on any atom is 0.129 e. The Morgan fingerprint density at radius 2 is 0.651 bits per heavy atom. The average molecular weight is 839 g/mol. The normalized spacial score (nSPS) is 12.8. The fraction of sp³-hybridized carbons (Fsp3) is 0.207. The third kappa shape index (κ3) is 7.85. The first kappa shape index (κ1) is 41.6. The van der Waals surface area contributed by atoms with Crippen LogP contribution in [0, 0.1) is 73.8 Å². The lowest BCUT2D eigenvalue weighted by Gasteiger charge is -2.16. The molecule has 5 heterocycles. The topological polar surface area (TPSA) is 63.2 Å². The van der Waals surface area contributed by atoms with Crippen molar-refractivity contribution in [2.75, 3.05) is 0 Å². The molecule has 4 aromatic carbocycles. The van der Waals surface area contributed by atoms with Crippen molar-refractivity contribution in [3.05, 3.63) is 231 Å². The van der Waals surface area contributed by atoms with E-state index in [1.54, 1.807) is 0 Å². The largest absolute Gasteiger partial charge is 0.354 e. The quantitative estimate of drug-likeness (QED) is 0.101. The number of H-pyrrole nitrogens is 4. The Kier molecular flexibility index (Phi) is 10.5. The summed E-state index contributed by atoms with van der Waals surface area (Å²) in [4.78, 5) is 16.0. The van der Waals surface area contributed by atoms with Crippen LogP contribution in [0.1, 0.15) is 101 Å². The molecule has 0 aliphatic carbocycles. The second kappa shape index (κ2) is 15.9. The van der Waals surface area contributed by atoms with Crippen LogP contribution in [0.15, 0.2) is 109 Å². The lowest BCUT2D eigenvalue weighted by atomic mass is 9.91. The molecule has 0 saturated heterocycles. The van der Waals surface area contributed by atoms with E-state index >= 15 is 0 Å². The van der Waals surface area contributed by atoms with Gasteiger partial charge in [0.1, 0.15) is 8.07 Å². The summed E-state index contributed by atoms with van der Waals surface area (Å²) in [5, 5.41) is 4.19. The average Bonchev–Trinajstić information content (AvgIpc) is 4.04. The highest BCUT2D eigenvalue weighted by Gasteiger charge is 2.22. The molecule has 5 heteroatoms. The summed E-state index contributed by atoms with van der Waals surface area (Å²) in [6, 6.07) is 40.7. The van der Waals surface area contributed by atoms with Gasteiger partial charge in [-0.3, -0.25) is 0 Å². The fourth-order valence-corrected chi connectivity index (χ4v) is 10.7. The Balaban J connectivity index is 1.44. The van der Waals surface area contributed by atoms with Gasteiger partial charge in [-0.25, -0.2) is 0 Å². The molecule has 1 aliphatic heterocycles. The molecule has 0 fully saturated rings. The van der Waals surface area contributed by atoms with E-state index in [2.05, 4.69) is 223 Å². The lowest BCUT2D eigenvalue weighted by molar-refractivity contribution is 1.17. The number of aromatic nitrogens is 4. The van der Waals surface area contributed by atoms with Crippen LogP contribution in [0.2, 0.25) is 19.6 Å². The van der Waals surface area contributed by atoms with Gasteiger partial charge in [-0.1, -0.05) is 90.8 Å². The van der Waals surface area contributed by atoms with Crippen molar-refractivity contribution in [1.29, 1.82) is 0 Å². The minimum atomic E-state index is -1.54. The van der Waals surface area contributed by atoms with Crippen LogP contribution in [0.4, 0.5) is 0 Å². The van der Waals surface area contributed by atoms with Crippen LogP contribution < -0.4 is 21.4 Å². The molecule has 4 N–H and O–H groups in total. The molecule has 63 heavy (non-hydrogen) atoms. The molecular formula is C58H58N4Si. The molecule has 4 aromatic heterocycles. The van der Waals surface area contributed by atoms with Crippen molar-refractivity contribution >= 4 is 30.4 Å². The van der Waals surface area contributed by atoms with E-state index < -0.39 is 8.07 Å². The van der Waals surface area contributed by atoms with E-state index in [-0.39, 0.29) is 0 Å². The van der Waals surface area contributed by atoms with Crippen molar-refractivity contribution in [3.63, 3.8) is 0 Å². The summed E-state index contributed by atoms with van der Waals surface area (Å²) in [6.45, 7) is 26.9. The van der Waals surface area contributed by atoms with Crippen molar-refractivity contribution in [1.82, 2.24) is 19.9 Å². The zero-order valence-corrected chi connectivity index (χ0v) is 39.9. The predicted molar refractivity (Wildman–Crippen MR) is 267 cm³/mol. The zero-order chi connectivity index (χ0) is 44.5. The highest BCUT2D eigenvalue weighted by Crippen LogP contribution is 2.33. The summed E-state index contributed by atoms with van der Waals surface area (Å²) in [6.07, 6.45) is 0. The molecule has 0 amide bonds. The molecule has 8 bridgehead atoms. The maximum atomic E-state index is 4.02. The summed E-state index contributed by atoms with van der Waals surface area (Å²) >= 11 is 0. The summed E-state index contributed by atoms with van der Waals surface area (Å²) in [5.74, 6) is 3.47. The molecule has 0 atom stereocenters. The Labute approximate surface area is 373 Å². The molecule has 1 aliphatic rings. The molecule has 0 unspecified atom stereocenters. The van der Waals surface area contributed by atoms with Crippen LogP contribution in [0.25, 0.3) is 22.3 Å². The number of hydrogen-bond acceptors (Lipinski definition) is 0. The van der Waals surface area contributed by atoms with E-state index in [1.165, 1.54) is 66.8 Å². The predicted octanol–water partition coefficient (Wildman–Crippen LogP) is 10.3. The standard InChI is InChI=1S/C58H58N4Si/c1-33-27-36(4)52(37(5)28-33)56-46-19-17-44(59-46)55(43-15-13-42(14-16-43)25-26-63(10,11)12)45-18-20-47(60-45)57(53-38(6)29-34(2)30-39(53)7)49-22-24-51(62-49)58(50-23-21-48(56)61-50)54-40(8)31-35(3)32-41(54)9/h13-24,27-32,59-62H,1-12H3. The van der Waals surface area contributed by atoms with Crippen LogP contribution >= 0.6 is 0 Å². The van der Waals surface area contributed by atoms with Gasteiger partial charge in [-0.15, -0.1) is 5.54 Å². The Hall–Kier alpha value is -6.74. The molecule has 0 spiro atoms. The van der Waals surface area contributed by atoms with Crippen LogP contribution in [-0.2, 0) is 0 Å². The van der Waals surface area contributed by atoms with Gasteiger partial charge >= 0.3 is 0 Å². The second-order valence-electron chi connectivity index (χ2n) is 19.0. The van der Waals surface area contributed by atoms with Gasteiger partial charge in [-0.2, -0.15) is 0 Å². The Morgan fingerprint density at radius 1 is 0.349 bits per heavy atom.